The number of nitrogens with zero attached hydrogens (tertiary/aromatic N) is 2. The summed E-state index contributed by atoms with van der Waals surface area (Å²) < 4.78 is 5.32. The number of aryl methyl sites for hydroxylation is 2. The minimum Gasteiger partial charge on any atom is -0.496 e. The maximum Gasteiger partial charge on any atom is 0.274 e. The lowest BCUT2D eigenvalue weighted by Gasteiger charge is -2.27. The number of benzene rings is 2. The zero-order valence-corrected chi connectivity index (χ0v) is 19.8. The maximum atomic E-state index is 13.7. The molecule has 170 valence electrons. The lowest BCUT2D eigenvalue weighted by Crippen LogP contribution is -2.45. The number of aromatic nitrogens is 1. The van der Waals surface area contributed by atoms with Gasteiger partial charge in [0, 0.05) is 13.1 Å². The molecule has 1 saturated carbocycles. The Kier molecular flexibility index (Phi) is 5.66. The van der Waals surface area contributed by atoms with Crippen LogP contribution >= 0.6 is 11.3 Å². The average Bonchev–Trinajstić information content (AvgIpc) is 3.33. The van der Waals surface area contributed by atoms with Crippen LogP contribution < -0.4 is 10.1 Å². The zero-order valence-electron chi connectivity index (χ0n) is 19.0. The first-order valence-electron chi connectivity index (χ1n) is 11.2. The Morgan fingerprint density at radius 3 is 2.79 bits per heavy atom. The highest BCUT2D eigenvalue weighted by Crippen LogP contribution is 2.50. The van der Waals surface area contributed by atoms with Crippen LogP contribution in [0.3, 0.4) is 0 Å². The second-order valence-corrected chi connectivity index (χ2v) is 10.1. The Morgan fingerprint density at radius 2 is 2.00 bits per heavy atom. The lowest BCUT2D eigenvalue weighted by molar-refractivity contribution is 0.0690. The van der Waals surface area contributed by atoms with Crippen molar-refractivity contribution < 1.29 is 14.3 Å². The van der Waals surface area contributed by atoms with E-state index in [1.54, 1.807) is 30.6 Å². The normalized spacial score (nSPS) is 20.9. The molecule has 2 heterocycles. The van der Waals surface area contributed by atoms with Gasteiger partial charge < -0.3 is 15.0 Å². The molecule has 5 rings (SSSR count). The van der Waals surface area contributed by atoms with E-state index in [1.165, 1.54) is 0 Å². The number of carbonyl (C=O) groups excluding carboxylic acids is 2. The van der Waals surface area contributed by atoms with E-state index in [0.717, 1.165) is 34.0 Å². The molecule has 0 radical (unpaired) electrons. The largest absolute Gasteiger partial charge is 0.496 e. The number of carbonyl (C=O) groups is 2. The molecule has 0 bridgehead atoms. The standard InChI is InChI=1S/C26H27N3O3S/c1-15-7-6-8-17(11-15)24-23(28-16(2)33-24)26(31)29-14-18-12-20(18)21(29)13-27-25(30)19-9-4-5-10-22(19)32-3/h4-11,18,20-21H,12-14H2,1-3H3,(H,27,30)/t18-,20?,21+/m0/s1. The van der Waals surface area contributed by atoms with Gasteiger partial charge in [0.1, 0.15) is 11.4 Å². The van der Waals surface area contributed by atoms with E-state index in [-0.39, 0.29) is 17.9 Å². The van der Waals surface area contributed by atoms with Crippen LogP contribution in [-0.2, 0) is 0 Å². The van der Waals surface area contributed by atoms with Crippen LogP contribution in [0.5, 0.6) is 5.75 Å². The topological polar surface area (TPSA) is 71.5 Å². The van der Waals surface area contributed by atoms with Gasteiger partial charge in [-0.1, -0.05) is 42.0 Å². The number of rotatable bonds is 6. The minimum atomic E-state index is -0.186. The van der Waals surface area contributed by atoms with Crippen LogP contribution in [0, 0.1) is 25.7 Å². The number of ether oxygens (including phenoxy) is 1. The molecule has 2 fully saturated rings. The van der Waals surface area contributed by atoms with E-state index < -0.39 is 0 Å². The van der Waals surface area contributed by atoms with Gasteiger partial charge in [-0.05, 0) is 49.8 Å². The second-order valence-electron chi connectivity index (χ2n) is 8.87. The minimum absolute atomic E-state index is 0.0199. The molecule has 1 aliphatic carbocycles. The number of hydrogen-bond acceptors (Lipinski definition) is 5. The van der Waals surface area contributed by atoms with Crippen LogP contribution in [0.2, 0.25) is 0 Å². The zero-order chi connectivity index (χ0) is 23.1. The summed E-state index contributed by atoms with van der Waals surface area (Å²) >= 11 is 1.55. The fraction of sp³-hybridized carbons (Fsp3) is 0.346. The number of para-hydroxylation sites is 1. The molecule has 1 N–H and O–H groups in total. The highest BCUT2D eigenvalue weighted by Gasteiger charge is 2.54. The molecule has 2 aromatic carbocycles. The van der Waals surface area contributed by atoms with Crippen molar-refractivity contribution in [2.24, 2.45) is 11.8 Å². The number of thiazole rings is 1. The molecule has 2 aliphatic rings. The van der Waals surface area contributed by atoms with E-state index >= 15 is 0 Å². The monoisotopic (exact) mass is 461 g/mol. The molecule has 0 spiro atoms. The van der Waals surface area contributed by atoms with Gasteiger partial charge in [0.25, 0.3) is 11.8 Å². The number of nitrogens with one attached hydrogen (secondary N) is 1. The van der Waals surface area contributed by atoms with E-state index in [9.17, 15) is 9.59 Å². The highest BCUT2D eigenvalue weighted by atomic mass is 32.1. The van der Waals surface area contributed by atoms with Gasteiger partial charge in [-0.2, -0.15) is 0 Å². The van der Waals surface area contributed by atoms with Crippen LogP contribution in [0.1, 0.15) is 37.8 Å². The third kappa shape index (κ3) is 4.13. The Balaban J connectivity index is 1.36. The summed E-state index contributed by atoms with van der Waals surface area (Å²) in [5.41, 5.74) is 3.19. The molecular weight excluding hydrogens is 434 g/mol. The molecule has 6 nitrogen and oxygen atoms in total. The van der Waals surface area contributed by atoms with Crippen molar-refractivity contribution in [1.29, 1.82) is 0 Å². The quantitative estimate of drug-likeness (QED) is 0.593. The first-order chi connectivity index (χ1) is 16.0. The Bertz CT molecular complexity index is 1220. The number of hydrogen-bond donors (Lipinski definition) is 1. The average molecular weight is 462 g/mol. The number of fused-ring (bicyclic) bond motifs is 1. The third-order valence-electron chi connectivity index (χ3n) is 6.60. The first kappa shape index (κ1) is 21.6. The van der Waals surface area contributed by atoms with E-state index in [1.807, 2.05) is 49.1 Å². The summed E-state index contributed by atoms with van der Waals surface area (Å²) in [6.45, 7) is 5.13. The first-order valence-corrected chi connectivity index (χ1v) is 12.0. The molecule has 1 unspecified atom stereocenters. The van der Waals surface area contributed by atoms with Crippen molar-refractivity contribution in [1.82, 2.24) is 15.2 Å². The van der Waals surface area contributed by atoms with Gasteiger partial charge in [0.15, 0.2) is 0 Å². The van der Waals surface area contributed by atoms with Crippen molar-refractivity contribution in [2.45, 2.75) is 26.3 Å². The van der Waals surface area contributed by atoms with E-state index in [0.29, 0.717) is 35.4 Å². The van der Waals surface area contributed by atoms with Gasteiger partial charge in [0.05, 0.1) is 28.6 Å². The Hall–Kier alpha value is -3.19. The summed E-state index contributed by atoms with van der Waals surface area (Å²) in [6, 6.07) is 15.3. The molecular formula is C26H27N3O3S. The number of amides is 2. The van der Waals surface area contributed by atoms with Gasteiger partial charge in [-0.25, -0.2) is 4.98 Å². The van der Waals surface area contributed by atoms with Gasteiger partial charge >= 0.3 is 0 Å². The molecule has 1 aromatic heterocycles. The SMILES string of the molecule is COc1ccccc1C(=O)NC[C@@H]1C2C[C@H]2CN1C(=O)c1nc(C)sc1-c1cccc(C)c1. The predicted molar refractivity (Wildman–Crippen MR) is 129 cm³/mol. The van der Waals surface area contributed by atoms with Crippen molar-refractivity contribution in [2.75, 3.05) is 20.2 Å². The Morgan fingerprint density at radius 1 is 1.18 bits per heavy atom. The molecule has 3 aromatic rings. The fourth-order valence-corrected chi connectivity index (χ4v) is 5.79. The molecule has 1 aliphatic heterocycles. The summed E-state index contributed by atoms with van der Waals surface area (Å²) in [7, 11) is 1.56. The highest BCUT2D eigenvalue weighted by molar-refractivity contribution is 7.15. The second kappa shape index (κ2) is 8.63. The number of piperidine rings is 1. The predicted octanol–water partition coefficient (Wildman–Crippen LogP) is 4.33. The third-order valence-corrected chi connectivity index (χ3v) is 7.62. The van der Waals surface area contributed by atoms with Gasteiger partial charge in [-0.3, -0.25) is 9.59 Å². The fourth-order valence-electron chi connectivity index (χ4n) is 4.88. The summed E-state index contributed by atoms with van der Waals surface area (Å²) in [4.78, 5) is 34.0. The van der Waals surface area contributed by atoms with Crippen molar-refractivity contribution in [3.8, 4) is 16.2 Å². The van der Waals surface area contributed by atoms with Gasteiger partial charge in [0.2, 0.25) is 0 Å². The summed E-state index contributed by atoms with van der Waals surface area (Å²) in [6.07, 6.45) is 1.11. The van der Waals surface area contributed by atoms with Crippen LogP contribution in [0.15, 0.2) is 48.5 Å². The molecule has 7 heteroatoms. The molecule has 3 atom stereocenters. The lowest BCUT2D eigenvalue weighted by atomic mass is 10.1. The van der Waals surface area contributed by atoms with Crippen LogP contribution in [0.4, 0.5) is 0 Å². The van der Waals surface area contributed by atoms with Crippen molar-refractivity contribution in [3.63, 3.8) is 0 Å². The van der Waals surface area contributed by atoms with E-state index in [4.69, 9.17) is 4.74 Å². The summed E-state index contributed by atoms with van der Waals surface area (Å²) in [5, 5.41) is 3.91. The van der Waals surface area contributed by atoms with Crippen LogP contribution in [-0.4, -0.2) is 47.9 Å². The van der Waals surface area contributed by atoms with Crippen LogP contribution in [0.25, 0.3) is 10.4 Å². The molecule has 1 saturated heterocycles. The molecule has 33 heavy (non-hydrogen) atoms. The number of methoxy groups -OCH3 is 1. The van der Waals surface area contributed by atoms with Crippen molar-refractivity contribution >= 4 is 23.2 Å². The van der Waals surface area contributed by atoms with Gasteiger partial charge in [-0.15, -0.1) is 11.3 Å². The Labute approximate surface area is 197 Å². The molecule has 2 amide bonds. The van der Waals surface area contributed by atoms with Crippen molar-refractivity contribution in [3.05, 3.63) is 70.4 Å². The van der Waals surface area contributed by atoms with E-state index in [2.05, 4.69) is 16.4 Å². The maximum absolute atomic E-state index is 13.7. The number of likely N-dealkylation sites (tertiary alicyclic amines) is 1. The smallest absolute Gasteiger partial charge is 0.274 e. The summed E-state index contributed by atoms with van der Waals surface area (Å²) in [5.74, 6) is 1.27.